The molecule has 3 heteroatoms. The van der Waals surface area contributed by atoms with Crippen molar-refractivity contribution in [2.24, 2.45) is 0 Å². The monoisotopic (exact) mass is 259 g/mol. The lowest BCUT2D eigenvalue weighted by Crippen LogP contribution is -1.99. The highest BCUT2D eigenvalue weighted by molar-refractivity contribution is 7.98. The van der Waals surface area contributed by atoms with E-state index in [1.165, 1.54) is 10.5 Å². The van der Waals surface area contributed by atoms with Crippen LogP contribution < -0.4 is 5.32 Å². The number of aliphatic hydroxyl groups excluding tert-OH is 1. The number of anilines is 1. The third kappa shape index (κ3) is 3.52. The maximum absolute atomic E-state index is 8.97. The Hall–Kier alpha value is -1.45. The molecule has 0 radical (unpaired) electrons. The van der Waals surface area contributed by atoms with Crippen LogP contribution in [0.1, 0.15) is 11.1 Å². The van der Waals surface area contributed by atoms with Crippen molar-refractivity contribution in [3.63, 3.8) is 0 Å². The van der Waals surface area contributed by atoms with E-state index in [0.717, 1.165) is 17.8 Å². The van der Waals surface area contributed by atoms with Crippen molar-refractivity contribution >= 4 is 17.4 Å². The van der Waals surface area contributed by atoms with Gasteiger partial charge in [0.25, 0.3) is 0 Å². The van der Waals surface area contributed by atoms with E-state index in [0.29, 0.717) is 0 Å². The maximum Gasteiger partial charge on any atom is 0.0681 e. The Balaban J connectivity index is 1.93. The standard InChI is InChI=1S/C15H17NOS/c1-18-15-8-6-14(7-9-15)16-10-12-2-4-13(11-17)5-3-12/h2-9,16-17H,10-11H2,1H3. The molecule has 2 aromatic rings. The zero-order chi connectivity index (χ0) is 12.8. The van der Waals surface area contributed by atoms with Gasteiger partial charge in [-0.3, -0.25) is 0 Å². The molecule has 0 bridgehead atoms. The molecule has 18 heavy (non-hydrogen) atoms. The molecule has 2 N–H and O–H groups in total. The highest BCUT2D eigenvalue weighted by atomic mass is 32.2. The third-order valence-corrected chi connectivity index (χ3v) is 3.54. The van der Waals surface area contributed by atoms with E-state index in [-0.39, 0.29) is 6.61 Å². The van der Waals surface area contributed by atoms with Crippen molar-refractivity contribution in [3.05, 3.63) is 59.7 Å². The van der Waals surface area contributed by atoms with Gasteiger partial charge >= 0.3 is 0 Å². The van der Waals surface area contributed by atoms with Crippen LogP contribution in [0.15, 0.2) is 53.4 Å². The zero-order valence-corrected chi connectivity index (χ0v) is 11.2. The first-order valence-corrected chi connectivity index (χ1v) is 7.11. The summed E-state index contributed by atoms with van der Waals surface area (Å²) in [7, 11) is 0. The number of hydrogen-bond acceptors (Lipinski definition) is 3. The molecule has 0 spiro atoms. The van der Waals surface area contributed by atoms with Gasteiger partial charge < -0.3 is 10.4 Å². The summed E-state index contributed by atoms with van der Waals surface area (Å²) in [5.74, 6) is 0. The Labute approximate surface area is 112 Å². The number of hydrogen-bond donors (Lipinski definition) is 2. The average molecular weight is 259 g/mol. The minimum atomic E-state index is 0.101. The van der Waals surface area contributed by atoms with Crippen molar-refractivity contribution in [3.8, 4) is 0 Å². The average Bonchev–Trinajstić information content (AvgIpc) is 2.46. The van der Waals surface area contributed by atoms with E-state index < -0.39 is 0 Å². The first-order chi connectivity index (χ1) is 8.81. The van der Waals surface area contributed by atoms with Crippen LogP contribution in [0.4, 0.5) is 5.69 Å². The first-order valence-electron chi connectivity index (χ1n) is 5.88. The SMILES string of the molecule is CSc1ccc(NCc2ccc(CO)cc2)cc1. The van der Waals surface area contributed by atoms with Gasteiger partial charge in [-0.05, 0) is 41.6 Å². The fraction of sp³-hybridized carbons (Fsp3) is 0.200. The summed E-state index contributed by atoms with van der Waals surface area (Å²) < 4.78 is 0. The topological polar surface area (TPSA) is 32.3 Å². The molecular formula is C15H17NOS. The van der Waals surface area contributed by atoms with Gasteiger partial charge in [0.2, 0.25) is 0 Å². The summed E-state index contributed by atoms with van der Waals surface area (Å²) in [6, 6.07) is 16.4. The normalized spacial score (nSPS) is 10.3. The van der Waals surface area contributed by atoms with E-state index in [9.17, 15) is 0 Å². The lowest BCUT2D eigenvalue weighted by Gasteiger charge is -2.07. The van der Waals surface area contributed by atoms with Crippen LogP contribution in [0.5, 0.6) is 0 Å². The number of nitrogens with one attached hydrogen (secondary N) is 1. The molecule has 94 valence electrons. The van der Waals surface area contributed by atoms with Crippen LogP contribution in [0.3, 0.4) is 0 Å². The second-order valence-electron chi connectivity index (χ2n) is 4.06. The second-order valence-corrected chi connectivity index (χ2v) is 4.94. The Kier molecular flexibility index (Phi) is 4.67. The molecule has 0 aliphatic heterocycles. The van der Waals surface area contributed by atoms with Crippen LogP contribution in [0, 0.1) is 0 Å². The van der Waals surface area contributed by atoms with Gasteiger partial charge in [0.05, 0.1) is 6.61 Å². The fourth-order valence-corrected chi connectivity index (χ4v) is 2.08. The summed E-state index contributed by atoms with van der Waals surface area (Å²) in [5.41, 5.74) is 3.28. The lowest BCUT2D eigenvalue weighted by molar-refractivity contribution is 0.282. The summed E-state index contributed by atoms with van der Waals surface area (Å²) >= 11 is 1.74. The smallest absolute Gasteiger partial charge is 0.0681 e. The van der Waals surface area contributed by atoms with E-state index in [1.54, 1.807) is 11.8 Å². The van der Waals surface area contributed by atoms with Crippen LogP contribution in [0.25, 0.3) is 0 Å². The number of rotatable bonds is 5. The zero-order valence-electron chi connectivity index (χ0n) is 10.4. The van der Waals surface area contributed by atoms with Gasteiger partial charge in [0, 0.05) is 17.1 Å². The first kappa shape index (κ1) is 13.0. The summed E-state index contributed by atoms with van der Waals surface area (Å²) in [6.07, 6.45) is 2.07. The Morgan fingerprint density at radius 1 is 0.944 bits per heavy atom. The largest absolute Gasteiger partial charge is 0.392 e. The molecule has 0 heterocycles. The van der Waals surface area contributed by atoms with Crippen molar-refractivity contribution < 1.29 is 5.11 Å². The van der Waals surface area contributed by atoms with Crippen molar-refractivity contribution in [1.82, 2.24) is 0 Å². The predicted octanol–water partition coefficient (Wildman–Crippen LogP) is 3.51. The molecule has 0 saturated carbocycles. The Bertz CT molecular complexity index is 431. The van der Waals surface area contributed by atoms with Gasteiger partial charge in [-0.15, -0.1) is 11.8 Å². The van der Waals surface area contributed by atoms with Gasteiger partial charge in [-0.25, -0.2) is 0 Å². The quantitative estimate of drug-likeness (QED) is 0.806. The predicted molar refractivity (Wildman–Crippen MR) is 77.9 cm³/mol. The van der Waals surface area contributed by atoms with Crippen molar-refractivity contribution in [2.75, 3.05) is 11.6 Å². The Morgan fingerprint density at radius 3 is 2.11 bits per heavy atom. The summed E-state index contributed by atoms with van der Waals surface area (Å²) in [4.78, 5) is 1.27. The number of thioether (sulfide) groups is 1. The highest BCUT2D eigenvalue weighted by Crippen LogP contribution is 2.18. The maximum atomic E-state index is 8.97. The molecule has 2 aromatic carbocycles. The molecule has 0 aliphatic carbocycles. The fourth-order valence-electron chi connectivity index (χ4n) is 1.68. The molecule has 2 rings (SSSR count). The van der Waals surface area contributed by atoms with Crippen molar-refractivity contribution in [1.29, 1.82) is 0 Å². The molecule has 2 nitrogen and oxygen atoms in total. The van der Waals surface area contributed by atoms with Crippen LogP contribution in [-0.2, 0) is 13.2 Å². The molecule has 0 unspecified atom stereocenters. The molecule has 0 aliphatic rings. The number of benzene rings is 2. The lowest BCUT2D eigenvalue weighted by atomic mass is 10.1. The van der Waals surface area contributed by atoms with Gasteiger partial charge in [0.15, 0.2) is 0 Å². The summed E-state index contributed by atoms with van der Waals surface area (Å²) in [5, 5.41) is 12.3. The molecule has 0 amide bonds. The summed E-state index contributed by atoms with van der Waals surface area (Å²) in [6.45, 7) is 0.897. The molecule has 0 atom stereocenters. The van der Waals surface area contributed by atoms with Crippen LogP contribution in [0.2, 0.25) is 0 Å². The van der Waals surface area contributed by atoms with Gasteiger partial charge in [0.1, 0.15) is 0 Å². The minimum absolute atomic E-state index is 0.101. The van der Waals surface area contributed by atoms with Crippen LogP contribution >= 0.6 is 11.8 Å². The van der Waals surface area contributed by atoms with Gasteiger partial charge in [-0.2, -0.15) is 0 Å². The second kappa shape index (κ2) is 6.47. The van der Waals surface area contributed by atoms with E-state index in [4.69, 9.17) is 5.11 Å². The van der Waals surface area contributed by atoms with E-state index >= 15 is 0 Å². The Morgan fingerprint density at radius 2 is 1.56 bits per heavy atom. The molecular weight excluding hydrogens is 242 g/mol. The van der Waals surface area contributed by atoms with Crippen LogP contribution in [-0.4, -0.2) is 11.4 Å². The third-order valence-electron chi connectivity index (χ3n) is 2.79. The van der Waals surface area contributed by atoms with E-state index in [2.05, 4.69) is 35.8 Å². The number of aliphatic hydroxyl groups is 1. The van der Waals surface area contributed by atoms with E-state index in [1.807, 2.05) is 24.3 Å². The molecule has 0 aromatic heterocycles. The minimum Gasteiger partial charge on any atom is -0.392 e. The van der Waals surface area contributed by atoms with Crippen molar-refractivity contribution in [2.45, 2.75) is 18.0 Å². The van der Waals surface area contributed by atoms with Gasteiger partial charge in [-0.1, -0.05) is 24.3 Å². The molecule has 0 fully saturated rings. The molecule has 0 saturated heterocycles. The highest BCUT2D eigenvalue weighted by Gasteiger charge is 1.96.